The fourth-order valence-electron chi connectivity index (χ4n) is 4.17. The topological polar surface area (TPSA) is 88.2 Å². The number of amides is 4. The number of nitrogens with one attached hydrogen (secondary N) is 1. The van der Waals surface area contributed by atoms with Gasteiger partial charge >= 0.3 is 6.03 Å². The standard InChI is InChI=1S/C23H25N3O5S/c1-30-16-6-4-5-15(12-16)26-22(28)19-11-14(9-10-25(19)23(26)29)24-21(27)18-8-7-17(32-3)13-20(18)31-2/h4-8,12-14,19H,9-11H2,1-3H3,(H,24,27)/t14-,19-/m0/s1. The molecule has 0 aromatic heterocycles. The molecule has 32 heavy (non-hydrogen) atoms. The highest BCUT2D eigenvalue weighted by molar-refractivity contribution is 7.98. The maximum atomic E-state index is 13.1. The van der Waals surface area contributed by atoms with Crippen molar-refractivity contribution >= 4 is 35.3 Å². The number of hydrogen-bond acceptors (Lipinski definition) is 6. The molecule has 0 aliphatic carbocycles. The van der Waals surface area contributed by atoms with Crippen molar-refractivity contribution in [3.63, 3.8) is 0 Å². The molecule has 1 N–H and O–H groups in total. The van der Waals surface area contributed by atoms with E-state index in [1.54, 1.807) is 47.0 Å². The molecular formula is C23H25N3O5S. The van der Waals surface area contributed by atoms with E-state index in [9.17, 15) is 14.4 Å². The molecule has 0 spiro atoms. The van der Waals surface area contributed by atoms with Crippen LogP contribution in [0.15, 0.2) is 47.4 Å². The van der Waals surface area contributed by atoms with Crippen molar-refractivity contribution in [2.75, 3.05) is 31.9 Å². The van der Waals surface area contributed by atoms with E-state index < -0.39 is 6.04 Å². The van der Waals surface area contributed by atoms with E-state index in [0.717, 1.165) is 4.90 Å². The maximum Gasteiger partial charge on any atom is 0.332 e. The number of piperidine rings is 1. The van der Waals surface area contributed by atoms with Crippen molar-refractivity contribution in [1.29, 1.82) is 0 Å². The fourth-order valence-corrected chi connectivity index (χ4v) is 4.60. The first kappa shape index (κ1) is 22.0. The molecule has 2 aromatic carbocycles. The Morgan fingerprint density at radius 2 is 1.94 bits per heavy atom. The molecule has 4 rings (SSSR count). The van der Waals surface area contributed by atoms with Crippen LogP contribution in [0.2, 0.25) is 0 Å². The van der Waals surface area contributed by atoms with Gasteiger partial charge in [-0.05, 0) is 49.4 Å². The Balaban J connectivity index is 1.48. The summed E-state index contributed by atoms with van der Waals surface area (Å²) < 4.78 is 10.6. The summed E-state index contributed by atoms with van der Waals surface area (Å²) in [5, 5.41) is 3.01. The second-order valence-electron chi connectivity index (χ2n) is 7.63. The van der Waals surface area contributed by atoms with Crippen molar-refractivity contribution in [2.24, 2.45) is 0 Å². The molecule has 4 amide bonds. The Bertz CT molecular complexity index is 1060. The Hall–Kier alpha value is -3.20. The second kappa shape index (κ2) is 9.12. The summed E-state index contributed by atoms with van der Waals surface area (Å²) in [7, 11) is 3.07. The average molecular weight is 456 g/mol. The largest absolute Gasteiger partial charge is 0.497 e. The molecule has 2 aromatic rings. The van der Waals surface area contributed by atoms with Crippen LogP contribution in [-0.4, -0.2) is 61.8 Å². The van der Waals surface area contributed by atoms with Gasteiger partial charge in [0.1, 0.15) is 17.5 Å². The lowest BCUT2D eigenvalue weighted by molar-refractivity contribution is -0.120. The number of benzene rings is 2. The zero-order valence-electron chi connectivity index (χ0n) is 18.2. The van der Waals surface area contributed by atoms with Crippen molar-refractivity contribution in [2.45, 2.75) is 29.8 Å². The molecule has 0 bridgehead atoms. The number of rotatable bonds is 6. The monoisotopic (exact) mass is 455 g/mol. The summed E-state index contributed by atoms with van der Waals surface area (Å²) in [6, 6.07) is 11.1. The lowest BCUT2D eigenvalue weighted by Gasteiger charge is -2.32. The van der Waals surface area contributed by atoms with E-state index in [1.807, 2.05) is 18.4 Å². The molecule has 2 aliphatic rings. The normalized spacial score (nSPS) is 20.2. The van der Waals surface area contributed by atoms with Crippen molar-refractivity contribution in [3.05, 3.63) is 48.0 Å². The second-order valence-corrected chi connectivity index (χ2v) is 8.51. The van der Waals surface area contributed by atoms with Crippen LogP contribution in [0.4, 0.5) is 10.5 Å². The summed E-state index contributed by atoms with van der Waals surface area (Å²) in [4.78, 5) is 42.7. The number of nitrogens with zero attached hydrogens (tertiary/aromatic N) is 2. The van der Waals surface area contributed by atoms with Crippen LogP contribution in [0.1, 0.15) is 23.2 Å². The SMILES string of the molecule is COc1cccc(N2C(=O)[C@@H]3C[C@@H](NC(=O)c4ccc(SC)cc4OC)CCN3C2=O)c1. The predicted molar refractivity (Wildman–Crippen MR) is 122 cm³/mol. The van der Waals surface area contributed by atoms with Crippen LogP contribution < -0.4 is 19.7 Å². The number of fused-ring (bicyclic) bond motifs is 1. The van der Waals surface area contributed by atoms with Gasteiger partial charge in [-0.3, -0.25) is 9.59 Å². The summed E-state index contributed by atoms with van der Waals surface area (Å²) in [6.07, 6.45) is 2.89. The molecule has 8 nitrogen and oxygen atoms in total. The van der Waals surface area contributed by atoms with Crippen molar-refractivity contribution in [3.8, 4) is 11.5 Å². The number of anilines is 1. The first-order valence-corrected chi connectivity index (χ1v) is 11.5. The highest BCUT2D eigenvalue weighted by Crippen LogP contribution is 2.33. The molecule has 0 saturated carbocycles. The number of carbonyl (C=O) groups excluding carboxylic acids is 3. The van der Waals surface area contributed by atoms with Gasteiger partial charge < -0.3 is 19.7 Å². The summed E-state index contributed by atoms with van der Waals surface area (Å²) in [5.74, 6) is 0.529. The van der Waals surface area contributed by atoms with Gasteiger partial charge in [-0.2, -0.15) is 0 Å². The Morgan fingerprint density at radius 1 is 1.12 bits per heavy atom. The third kappa shape index (κ3) is 4.00. The zero-order valence-corrected chi connectivity index (χ0v) is 19.0. The molecule has 0 unspecified atom stereocenters. The van der Waals surface area contributed by atoms with Crippen LogP contribution in [0.25, 0.3) is 0 Å². The number of ether oxygens (including phenoxy) is 2. The summed E-state index contributed by atoms with van der Waals surface area (Å²) in [5.41, 5.74) is 0.924. The number of urea groups is 1. The van der Waals surface area contributed by atoms with Gasteiger partial charge in [0.05, 0.1) is 25.5 Å². The lowest BCUT2D eigenvalue weighted by Crippen LogP contribution is -2.49. The molecule has 2 atom stereocenters. The van der Waals surface area contributed by atoms with E-state index in [4.69, 9.17) is 9.47 Å². The molecule has 2 heterocycles. The molecule has 168 valence electrons. The Kier molecular flexibility index (Phi) is 6.27. The molecule has 9 heteroatoms. The minimum atomic E-state index is -0.603. The number of imide groups is 1. The van der Waals surface area contributed by atoms with E-state index in [-0.39, 0.29) is 23.9 Å². The van der Waals surface area contributed by atoms with Crippen LogP contribution in [0, 0.1) is 0 Å². The quantitative estimate of drug-likeness (QED) is 0.532. The summed E-state index contributed by atoms with van der Waals surface area (Å²) >= 11 is 1.57. The van der Waals surface area contributed by atoms with Crippen LogP contribution in [-0.2, 0) is 4.79 Å². The molecule has 2 fully saturated rings. The van der Waals surface area contributed by atoms with Gasteiger partial charge in [0, 0.05) is 23.5 Å². The predicted octanol–water partition coefficient (Wildman–Crippen LogP) is 3.16. The molecule has 0 radical (unpaired) electrons. The van der Waals surface area contributed by atoms with Gasteiger partial charge in [0.25, 0.3) is 11.8 Å². The van der Waals surface area contributed by atoms with Gasteiger partial charge in [-0.25, -0.2) is 9.69 Å². The maximum absolute atomic E-state index is 13.1. The highest BCUT2D eigenvalue weighted by atomic mass is 32.2. The first-order valence-electron chi connectivity index (χ1n) is 10.3. The van der Waals surface area contributed by atoms with Crippen molar-refractivity contribution in [1.82, 2.24) is 10.2 Å². The van der Waals surface area contributed by atoms with Gasteiger partial charge in [-0.1, -0.05) is 6.07 Å². The minimum Gasteiger partial charge on any atom is -0.497 e. The average Bonchev–Trinajstić information content (AvgIpc) is 3.07. The summed E-state index contributed by atoms with van der Waals surface area (Å²) in [6.45, 7) is 0.392. The van der Waals surface area contributed by atoms with E-state index in [1.165, 1.54) is 19.1 Å². The molecule has 2 saturated heterocycles. The third-order valence-electron chi connectivity index (χ3n) is 5.84. The Labute approximate surface area is 190 Å². The van der Waals surface area contributed by atoms with E-state index >= 15 is 0 Å². The van der Waals surface area contributed by atoms with Gasteiger partial charge in [-0.15, -0.1) is 11.8 Å². The number of carbonyl (C=O) groups is 3. The fraction of sp³-hybridized carbons (Fsp3) is 0.348. The van der Waals surface area contributed by atoms with Crippen LogP contribution in [0.5, 0.6) is 11.5 Å². The van der Waals surface area contributed by atoms with Gasteiger partial charge in [0.2, 0.25) is 0 Å². The smallest absolute Gasteiger partial charge is 0.332 e. The Morgan fingerprint density at radius 3 is 2.66 bits per heavy atom. The molecule has 2 aliphatic heterocycles. The van der Waals surface area contributed by atoms with E-state index in [0.29, 0.717) is 42.1 Å². The lowest BCUT2D eigenvalue weighted by atomic mass is 9.97. The van der Waals surface area contributed by atoms with Crippen LogP contribution >= 0.6 is 11.8 Å². The number of hydrogen-bond donors (Lipinski definition) is 1. The first-order chi connectivity index (χ1) is 15.5. The number of thioether (sulfide) groups is 1. The third-order valence-corrected chi connectivity index (χ3v) is 6.57. The van der Waals surface area contributed by atoms with Crippen LogP contribution in [0.3, 0.4) is 0 Å². The highest BCUT2D eigenvalue weighted by Gasteiger charge is 2.48. The van der Waals surface area contributed by atoms with Crippen molar-refractivity contribution < 1.29 is 23.9 Å². The molecular weight excluding hydrogens is 430 g/mol. The minimum absolute atomic E-state index is 0.226. The van der Waals surface area contributed by atoms with Gasteiger partial charge in [0.15, 0.2) is 0 Å². The van der Waals surface area contributed by atoms with E-state index in [2.05, 4.69) is 5.32 Å². The zero-order chi connectivity index (χ0) is 22.8. The number of methoxy groups -OCH3 is 2.